The summed E-state index contributed by atoms with van der Waals surface area (Å²) in [5.74, 6) is 1.09. The van der Waals surface area contributed by atoms with Crippen LogP contribution in [0.25, 0.3) is 10.7 Å². The lowest BCUT2D eigenvalue weighted by atomic mass is 10.2. The Hall–Kier alpha value is -1.64. The van der Waals surface area contributed by atoms with Gasteiger partial charge in [-0.25, -0.2) is 4.98 Å². The highest BCUT2D eigenvalue weighted by Crippen LogP contribution is 2.23. The Kier molecular flexibility index (Phi) is 5.70. The third-order valence-corrected chi connectivity index (χ3v) is 5.82. The maximum Gasteiger partial charge on any atom is 0.233 e. The molecule has 0 spiro atoms. The molecule has 1 aromatic carbocycles. The summed E-state index contributed by atoms with van der Waals surface area (Å²) in [6, 6.07) is 11.9. The summed E-state index contributed by atoms with van der Waals surface area (Å²) in [6.07, 6.45) is 0. The van der Waals surface area contributed by atoms with Crippen LogP contribution in [0.1, 0.15) is 5.56 Å². The first kappa shape index (κ1) is 17.2. The van der Waals surface area contributed by atoms with Crippen molar-refractivity contribution in [1.29, 1.82) is 0 Å². The Bertz CT molecular complexity index is 819. The summed E-state index contributed by atoms with van der Waals surface area (Å²) in [5, 5.41) is 9.64. The van der Waals surface area contributed by atoms with Gasteiger partial charge in [0.15, 0.2) is 5.82 Å². The molecule has 0 bridgehead atoms. The van der Waals surface area contributed by atoms with Crippen molar-refractivity contribution in [2.24, 2.45) is 0 Å². The number of H-pyrrole nitrogens is 1. The number of hydrogen-bond donors (Lipinski definition) is 1. The van der Waals surface area contributed by atoms with Crippen molar-refractivity contribution in [2.75, 3.05) is 12.8 Å². The number of aromatic nitrogens is 3. The van der Waals surface area contributed by atoms with Crippen LogP contribution in [0.15, 0.2) is 51.4 Å². The molecule has 0 saturated heterocycles. The van der Waals surface area contributed by atoms with Crippen LogP contribution in [0.4, 0.5) is 0 Å². The largest absolute Gasteiger partial charge is 0.341 e. The van der Waals surface area contributed by atoms with E-state index in [1.165, 1.54) is 11.8 Å². The van der Waals surface area contributed by atoms with E-state index in [9.17, 15) is 4.79 Å². The van der Waals surface area contributed by atoms with Crippen LogP contribution < -0.4 is 0 Å². The Balaban J connectivity index is 1.54. The lowest BCUT2D eigenvalue weighted by molar-refractivity contribution is -0.127. The van der Waals surface area contributed by atoms with E-state index < -0.39 is 0 Å². The first-order chi connectivity index (χ1) is 11.6. The van der Waals surface area contributed by atoms with Gasteiger partial charge in [-0.05, 0) is 23.1 Å². The predicted octanol–water partition coefficient (Wildman–Crippen LogP) is 4.05. The molecule has 0 aliphatic heterocycles. The maximum absolute atomic E-state index is 12.3. The highest BCUT2D eigenvalue weighted by atomic mass is 79.9. The molecule has 0 atom stereocenters. The molecule has 1 amide bonds. The van der Waals surface area contributed by atoms with E-state index >= 15 is 0 Å². The summed E-state index contributed by atoms with van der Waals surface area (Å²) >= 11 is 6.44. The first-order valence-electron chi connectivity index (χ1n) is 7.20. The van der Waals surface area contributed by atoms with Gasteiger partial charge in [0.25, 0.3) is 0 Å². The van der Waals surface area contributed by atoms with Crippen LogP contribution in [0.3, 0.4) is 0 Å². The summed E-state index contributed by atoms with van der Waals surface area (Å²) in [6.45, 7) is 0.565. The number of nitrogens with zero attached hydrogens (tertiary/aromatic N) is 3. The van der Waals surface area contributed by atoms with E-state index in [0.717, 1.165) is 20.7 Å². The van der Waals surface area contributed by atoms with Gasteiger partial charge in [-0.15, -0.1) is 16.4 Å². The summed E-state index contributed by atoms with van der Waals surface area (Å²) in [5.41, 5.74) is 1.08. The second-order valence-corrected chi connectivity index (χ2v) is 7.82. The van der Waals surface area contributed by atoms with E-state index in [1.54, 1.807) is 23.3 Å². The van der Waals surface area contributed by atoms with Crippen molar-refractivity contribution in [3.63, 3.8) is 0 Å². The topological polar surface area (TPSA) is 61.9 Å². The van der Waals surface area contributed by atoms with Crippen molar-refractivity contribution in [1.82, 2.24) is 20.1 Å². The highest BCUT2D eigenvalue weighted by molar-refractivity contribution is 9.10. The molecule has 0 unspecified atom stereocenters. The van der Waals surface area contributed by atoms with Gasteiger partial charge in [-0.1, -0.05) is 52.0 Å². The van der Waals surface area contributed by atoms with Gasteiger partial charge in [-0.3, -0.25) is 9.89 Å². The average molecular weight is 423 g/mol. The van der Waals surface area contributed by atoms with Crippen molar-refractivity contribution in [2.45, 2.75) is 11.7 Å². The molecule has 0 radical (unpaired) electrons. The van der Waals surface area contributed by atoms with Gasteiger partial charge in [-0.2, -0.15) is 0 Å². The Labute approximate surface area is 156 Å². The number of rotatable bonds is 6. The van der Waals surface area contributed by atoms with E-state index in [1.807, 2.05) is 41.8 Å². The lowest BCUT2D eigenvalue weighted by Gasteiger charge is -2.17. The number of carbonyl (C=O) groups is 1. The van der Waals surface area contributed by atoms with E-state index in [4.69, 9.17) is 0 Å². The zero-order valence-corrected chi connectivity index (χ0v) is 16.1. The van der Waals surface area contributed by atoms with Crippen LogP contribution in [0, 0.1) is 0 Å². The minimum Gasteiger partial charge on any atom is -0.341 e. The van der Waals surface area contributed by atoms with E-state index in [0.29, 0.717) is 17.5 Å². The average Bonchev–Trinajstić information content (AvgIpc) is 3.25. The highest BCUT2D eigenvalue weighted by Gasteiger charge is 2.13. The number of thiophene rings is 1. The standard InChI is InChI=1S/C16H15BrN4OS2/c1-21(9-11-5-2-3-6-12(11)17)14(22)10-24-16-18-15(19-20-16)13-7-4-8-23-13/h2-8H,9-10H2,1H3,(H,18,19,20). The summed E-state index contributed by atoms with van der Waals surface area (Å²) in [4.78, 5) is 19.4. The zero-order chi connectivity index (χ0) is 16.9. The van der Waals surface area contributed by atoms with Gasteiger partial charge in [0.05, 0.1) is 10.6 Å². The maximum atomic E-state index is 12.3. The van der Waals surface area contributed by atoms with Crippen LogP contribution in [0.2, 0.25) is 0 Å². The molecule has 5 nitrogen and oxygen atoms in total. The molecule has 0 aliphatic carbocycles. The second kappa shape index (κ2) is 7.96. The van der Waals surface area contributed by atoms with Crippen LogP contribution in [-0.4, -0.2) is 38.8 Å². The summed E-state index contributed by atoms with van der Waals surface area (Å²) < 4.78 is 1.01. The van der Waals surface area contributed by atoms with Gasteiger partial charge >= 0.3 is 0 Å². The molecule has 8 heteroatoms. The second-order valence-electron chi connectivity index (χ2n) is 5.07. The molecular formula is C16H15BrN4OS2. The number of halogens is 1. The number of aromatic amines is 1. The predicted molar refractivity (Wildman–Crippen MR) is 101 cm³/mol. The van der Waals surface area contributed by atoms with Crippen LogP contribution in [-0.2, 0) is 11.3 Å². The fourth-order valence-electron chi connectivity index (χ4n) is 2.04. The summed E-state index contributed by atoms with van der Waals surface area (Å²) in [7, 11) is 1.80. The Morgan fingerprint density at radius 1 is 1.33 bits per heavy atom. The van der Waals surface area contributed by atoms with E-state index in [-0.39, 0.29) is 5.91 Å². The minimum absolute atomic E-state index is 0.0400. The number of amides is 1. The van der Waals surface area contributed by atoms with Crippen LogP contribution >= 0.6 is 39.0 Å². The smallest absolute Gasteiger partial charge is 0.233 e. The normalized spacial score (nSPS) is 10.8. The molecule has 1 N–H and O–H groups in total. The van der Waals surface area contributed by atoms with Crippen molar-refractivity contribution >= 4 is 44.9 Å². The molecule has 24 heavy (non-hydrogen) atoms. The molecule has 2 aromatic heterocycles. The number of thioether (sulfide) groups is 1. The molecule has 0 fully saturated rings. The Morgan fingerprint density at radius 2 is 2.17 bits per heavy atom. The SMILES string of the molecule is CN(Cc1ccccc1Br)C(=O)CSc1n[nH]c(-c2cccs2)n1. The number of nitrogens with one attached hydrogen (secondary N) is 1. The molecule has 2 heterocycles. The third kappa shape index (κ3) is 4.25. The van der Waals surface area contributed by atoms with Crippen molar-refractivity contribution in [3.8, 4) is 10.7 Å². The monoisotopic (exact) mass is 422 g/mol. The number of carbonyl (C=O) groups excluding carboxylic acids is 1. The molecule has 0 saturated carbocycles. The Morgan fingerprint density at radius 3 is 2.92 bits per heavy atom. The number of benzene rings is 1. The van der Waals surface area contributed by atoms with Crippen molar-refractivity contribution < 1.29 is 4.79 Å². The fourth-order valence-corrected chi connectivity index (χ4v) is 3.85. The number of hydrogen-bond acceptors (Lipinski definition) is 5. The first-order valence-corrected chi connectivity index (χ1v) is 9.86. The fraction of sp³-hybridized carbons (Fsp3) is 0.188. The molecule has 124 valence electrons. The molecule has 0 aliphatic rings. The van der Waals surface area contributed by atoms with Gasteiger partial charge in [0.2, 0.25) is 11.1 Å². The van der Waals surface area contributed by atoms with Gasteiger partial charge < -0.3 is 4.90 Å². The minimum atomic E-state index is 0.0400. The molecular weight excluding hydrogens is 408 g/mol. The van der Waals surface area contributed by atoms with Crippen LogP contribution in [0.5, 0.6) is 0 Å². The van der Waals surface area contributed by atoms with E-state index in [2.05, 4.69) is 31.1 Å². The van der Waals surface area contributed by atoms with Gasteiger partial charge in [0.1, 0.15) is 0 Å². The molecule has 3 aromatic rings. The molecule has 3 rings (SSSR count). The van der Waals surface area contributed by atoms with Crippen molar-refractivity contribution in [3.05, 3.63) is 51.8 Å². The quantitative estimate of drug-likeness (QED) is 0.608. The third-order valence-electron chi connectivity index (χ3n) is 3.34. The lowest BCUT2D eigenvalue weighted by Crippen LogP contribution is -2.27. The van der Waals surface area contributed by atoms with Gasteiger partial charge in [0, 0.05) is 18.1 Å². The zero-order valence-electron chi connectivity index (χ0n) is 12.9.